The Balaban J connectivity index is 1.70. The van der Waals surface area contributed by atoms with Crippen molar-refractivity contribution in [1.29, 1.82) is 5.26 Å². The molecule has 1 saturated heterocycles. The first-order valence-electron chi connectivity index (χ1n) is 10.3. The van der Waals surface area contributed by atoms with Gasteiger partial charge in [0, 0.05) is 17.8 Å². The number of aromatic amines is 1. The maximum Gasteiger partial charge on any atom is 0.268 e. The average molecular weight is 427 g/mol. The van der Waals surface area contributed by atoms with E-state index in [9.17, 15) is 24.0 Å². The number of H-pyrrole nitrogens is 1. The minimum atomic E-state index is -0.878. The van der Waals surface area contributed by atoms with Gasteiger partial charge in [0.1, 0.15) is 23.6 Å². The molecule has 164 valence electrons. The van der Waals surface area contributed by atoms with Crippen molar-refractivity contribution in [3.8, 4) is 6.07 Å². The lowest BCUT2D eigenvalue weighted by molar-refractivity contribution is -0.125. The first-order chi connectivity index (χ1) is 14.8. The summed E-state index contributed by atoms with van der Waals surface area (Å²) in [6.07, 6.45) is 1.20. The highest BCUT2D eigenvalue weighted by Gasteiger charge is 2.30. The fourth-order valence-electron chi connectivity index (χ4n) is 3.75. The second kappa shape index (κ2) is 9.60. The summed E-state index contributed by atoms with van der Waals surface area (Å²) in [7, 11) is 0. The smallest absolute Gasteiger partial charge is 0.268 e. The zero-order chi connectivity index (χ0) is 22.5. The molecular formula is C22H26FN5O3. The molecule has 1 aliphatic heterocycles. The zero-order valence-electron chi connectivity index (χ0n) is 17.5. The van der Waals surface area contributed by atoms with E-state index in [0.717, 1.165) is 0 Å². The molecular weight excluding hydrogens is 401 g/mol. The minimum absolute atomic E-state index is 0.0948. The average Bonchev–Trinajstić information content (AvgIpc) is 3.33. The number of halogens is 1. The van der Waals surface area contributed by atoms with Crippen molar-refractivity contribution in [2.24, 2.45) is 11.8 Å². The molecule has 1 aromatic carbocycles. The van der Waals surface area contributed by atoms with Gasteiger partial charge in [0.15, 0.2) is 0 Å². The maximum atomic E-state index is 13.9. The SMILES string of the molecule is CC(C)C[C@H](NC(=O)c1cc2cccc(F)c2[nH]1)C(=O)N[C@H](C#N)C[C@@H]1CCNC1=O. The van der Waals surface area contributed by atoms with Gasteiger partial charge in [-0.3, -0.25) is 14.4 Å². The van der Waals surface area contributed by atoms with Gasteiger partial charge in [-0.25, -0.2) is 4.39 Å². The molecule has 3 atom stereocenters. The van der Waals surface area contributed by atoms with Crippen molar-refractivity contribution < 1.29 is 18.8 Å². The third kappa shape index (κ3) is 5.40. The number of carbonyl (C=O) groups excluding carboxylic acids is 3. The van der Waals surface area contributed by atoms with Crippen LogP contribution < -0.4 is 16.0 Å². The van der Waals surface area contributed by atoms with Crippen molar-refractivity contribution in [2.75, 3.05) is 6.54 Å². The molecule has 0 saturated carbocycles. The van der Waals surface area contributed by atoms with Crippen LogP contribution in [0.1, 0.15) is 43.6 Å². The standard InChI is InChI=1S/C22H26FN5O3/c1-12(2)8-17(21(30)26-15(11-24)9-14-6-7-25-20(14)29)28-22(31)18-10-13-4-3-5-16(23)19(13)27-18/h3-5,10,12,14-15,17,27H,6-9H2,1-2H3,(H,25,29)(H,26,30)(H,28,31)/t14-,15-,17-/m0/s1. The number of nitrogens with one attached hydrogen (secondary N) is 4. The summed E-state index contributed by atoms with van der Waals surface area (Å²) in [6.45, 7) is 4.39. The van der Waals surface area contributed by atoms with E-state index in [1.807, 2.05) is 19.9 Å². The molecule has 2 aromatic rings. The Morgan fingerprint density at radius 1 is 1.32 bits per heavy atom. The molecule has 0 unspecified atom stereocenters. The van der Waals surface area contributed by atoms with Crippen molar-refractivity contribution in [3.63, 3.8) is 0 Å². The fourth-order valence-corrected chi connectivity index (χ4v) is 3.75. The first-order valence-corrected chi connectivity index (χ1v) is 10.3. The van der Waals surface area contributed by atoms with E-state index < -0.39 is 29.7 Å². The Bertz CT molecular complexity index is 1030. The maximum absolute atomic E-state index is 13.9. The second-order valence-corrected chi connectivity index (χ2v) is 8.25. The number of nitriles is 1. The number of hydrogen-bond acceptors (Lipinski definition) is 4. The summed E-state index contributed by atoms with van der Waals surface area (Å²) in [5, 5.41) is 18.0. The molecule has 0 bridgehead atoms. The van der Waals surface area contributed by atoms with Crippen LogP contribution >= 0.6 is 0 Å². The number of aromatic nitrogens is 1. The molecule has 3 rings (SSSR count). The van der Waals surface area contributed by atoms with E-state index in [1.165, 1.54) is 12.1 Å². The van der Waals surface area contributed by atoms with Crippen LogP contribution in [-0.2, 0) is 9.59 Å². The lowest BCUT2D eigenvalue weighted by atomic mass is 9.98. The van der Waals surface area contributed by atoms with Crippen LogP contribution in [0.5, 0.6) is 0 Å². The predicted octanol–water partition coefficient (Wildman–Crippen LogP) is 1.99. The Kier molecular flexibility index (Phi) is 6.90. The monoisotopic (exact) mass is 427 g/mol. The lowest BCUT2D eigenvalue weighted by Gasteiger charge is -2.22. The molecule has 31 heavy (non-hydrogen) atoms. The van der Waals surface area contributed by atoms with Crippen molar-refractivity contribution in [1.82, 2.24) is 20.9 Å². The minimum Gasteiger partial charge on any atom is -0.356 e. The third-order valence-electron chi connectivity index (χ3n) is 5.33. The molecule has 0 aliphatic carbocycles. The van der Waals surface area contributed by atoms with Crippen LogP contribution in [0.4, 0.5) is 4.39 Å². The van der Waals surface area contributed by atoms with Crippen LogP contribution in [0.25, 0.3) is 10.9 Å². The molecule has 0 spiro atoms. The predicted molar refractivity (Wildman–Crippen MR) is 112 cm³/mol. The molecule has 3 amide bonds. The van der Waals surface area contributed by atoms with Crippen LogP contribution in [0.3, 0.4) is 0 Å². The molecule has 9 heteroatoms. The fraction of sp³-hybridized carbons (Fsp3) is 0.455. The molecule has 1 aromatic heterocycles. The van der Waals surface area contributed by atoms with E-state index in [0.29, 0.717) is 24.8 Å². The third-order valence-corrected chi connectivity index (χ3v) is 5.33. The van der Waals surface area contributed by atoms with Gasteiger partial charge in [-0.1, -0.05) is 26.0 Å². The topological polar surface area (TPSA) is 127 Å². The molecule has 4 N–H and O–H groups in total. The first kappa shape index (κ1) is 22.3. The number of fused-ring (bicyclic) bond motifs is 1. The summed E-state index contributed by atoms with van der Waals surface area (Å²) in [5.41, 5.74) is 0.359. The van der Waals surface area contributed by atoms with Gasteiger partial charge in [0.2, 0.25) is 11.8 Å². The summed E-state index contributed by atoms with van der Waals surface area (Å²) >= 11 is 0. The summed E-state index contributed by atoms with van der Waals surface area (Å²) in [5.74, 6) is -1.84. The highest BCUT2D eigenvalue weighted by molar-refractivity contribution is 6.00. The highest BCUT2D eigenvalue weighted by Crippen LogP contribution is 2.19. The number of amides is 3. The van der Waals surface area contributed by atoms with Gasteiger partial charge >= 0.3 is 0 Å². The Morgan fingerprint density at radius 2 is 2.10 bits per heavy atom. The van der Waals surface area contributed by atoms with Gasteiger partial charge < -0.3 is 20.9 Å². The molecule has 1 aliphatic rings. The number of carbonyl (C=O) groups is 3. The quantitative estimate of drug-likeness (QED) is 0.514. The van der Waals surface area contributed by atoms with Crippen LogP contribution in [0, 0.1) is 29.0 Å². The van der Waals surface area contributed by atoms with E-state index in [1.54, 1.807) is 12.1 Å². The Hall–Kier alpha value is -3.41. The van der Waals surface area contributed by atoms with Crippen LogP contribution in [0.2, 0.25) is 0 Å². The summed E-state index contributed by atoms with van der Waals surface area (Å²) < 4.78 is 13.9. The number of hydrogen-bond donors (Lipinski definition) is 4. The van der Waals surface area contributed by atoms with E-state index in [2.05, 4.69) is 20.9 Å². The van der Waals surface area contributed by atoms with E-state index >= 15 is 0 Å². The zero-order valence-corrected chi connectivity index (χ0v) is 17.5. The normalized spacial score (nSPS) is 17.8. The molecule has 8 nitrogen and oxygen atoms in total. The largest absolute Gasteiger partial charge is 0.356 e. The van der Waals surface area contributed by atoms with Crippen LogP contribution in [-0.4, -0.2) is 41.3 Å². The summed E-state index contributed by atoms with van der Waals surface area (Å²) in [6, 6.07) is 6.36. The lowest BCUT2D eigenvalue weighted by Crippen LogP contribution is -2.50. The van der Waals surface area contributed by atoms with Gasteiger partial charge in [-0.2, -0.15) is 5.26 Å². The second-order valence-electron chi connectivity index (χ2n) is 8.25. The summed E-state index contributed by atoms with van der Waals surface area (Å²) in [4.78, 5) is 40.1. The number of para-hydroxylation sites is 1. The Morgan fingerprint density at radius 3 is 2.71 bits per heavy atom. The van der Waals surface area contributed by atoms with Gasteiger partial charge in [-0.05, 0) is 37.3 Å². The molecule has 2 heterocycles. The van der Waals surface area contributed by atoms with Gasteiger partial charge in [0.05, 0.1) is 11.6 Å². The Labute approximate surface area is 179 Å². The van der Waals surface area contributed by atoms with E-state index in [4.69, 9.17) is 0 Å². The van der Waals surface area contributed by atoms with Gasteiger partial charge in [-0.15, -0.1) is 0 Å². The van der Waals surface area contributed by atoms with Crippen LogP contribution in [0.15, 0.2) is 24.3 Å². The number of rotatable bonds is 8. The van der Waals surface area contributed by atoms with Crippen molar-refractivity contribution in [2.45, 2.75) is 45.2 Å². The van der Waals surface area contributed by atoms with Gasteiger partial charge in [0.25, 0.3) is 5.91 Å². The van der Waals surface area contributed by atoms with Crippen molar-refractivity contribution in [3.05, 3.63) is 35.8 Å². The van der Waals surface area contributed by atoms with Crippen molar-refractivity contribution >= 4 is 28.6 Å². The van der Waals surface area contributed by atoms with E-state index in [-0.39, 0.29) is 35.4 Å². The number of benzene rings is 1. The molecule has 0 radical (unpaired) electrons. The molecule has 1 fully saturated rings. The number of nitrogens with zero attached hydrogens (tertiary/aromatic N) is 1. The highest BCUT2D eigenvalue weighted by atomic mass is 19.1.